The summed E-state index contributed by atoms with van der Waals surface area (Å²) in [5.41, 5.74) is 4.44. The molecule has 3 aromatic rings. The third kappa shape index (κ3) is 2.94. The molecule has 1 aromatic heterocycles. The van der Waals surface area contributed by atoms with E-state index in [1.807, 2.05) is 56.3 Å². The summed E-state index contributed by atoms with van der Waals surface area (Å²) >= 11 is 0. The first kappa shape index (κ1) is 13.4. The lowest BCUT2D eigenvalue weighted by atomic mass is 10.1. The molecule has 106 valence electrons. The molecule has 4 nitrogen and oxygen atoms in total. The SMILES string of the molecule is Cc1ccc(C)c(NC(=O)Cc2nc3ccccc3o2)c1. The van der Waals surface area contributed by atoms with E-state index in [0.29, 0.717) is 11.5 Å². The Balaban J connectivity index is 1.75. The second-order valence-electron chi connectivity index (χ2n) is 5.12. The van der Waals surface area contributed by atoms with Crippen molar-refractivity contribution in [1.82, 2.24) is 4.98 Å². The number of nitrogens with one attached hydrogen (secondary N) is 1. The predicted molar refractivity (Wildman–Crippen MR) is 82.3 cm³/mol. The Bertz CT molecular complexity index is 772. The van der Waals surface area contributed by atoms with Crippen LogP contribution in [0.25, 0.3) is 11.1 Å². The highest BCUT2D eigenvalue weighted by Crippen LogP contribution is 2.18. The van der Waals surface area contributed by atoms with Crippen molar-refractivity contribution in [3.05, 3.63) is 59.5 Å². The Morgan fingerprint density at radius 1 is 1.19 bits per heavy atom. The summed E-state index contributed by atoms with van der Waals surface area (Å²) in [7, 11) is 0. The van der Waals surface area contributed by atoms with Crippen LogP contribution in [0.2, 0.25) is 0 Å². The lowest BCUT2D eigenvalue weighted by molar-refractivity contribution is -0.115. The fourth-order valence-electron chi connectivity index (χ4n) is 2.20. The molecular weight excluding hydrogens is 264 g/mol. The van der Waals surface area contributed by atoms with Crippen LogP contribution >= 0.6 is 0 Å². The number of carbonyl (C=O) groups is 1. The van der Waals surface area contributed by atoms with Crippen LogP contribution in [0.15, 0.2) is 46.9 Å². The number of benzene rings is 2. The van der Waals surface area contributed by atoms with Crippen molar-refractivity contribution >= 4 is 22.7 Å². The highest BCUT2D eigenvalue weighted by atomic mass is 16.3. The van der Waals surface area contributed by atoms with E-state index in [4.69, 9.17) is 4.42 Å². The van der Waals surface area contributed by atoms with E-state index in [0.717, 1.165) is 22.3 Å². The standard InChI is InChI=1S/C17H16N2O2/c1-11-7-8-12(2)14(9-11)18-16(20)10-17-19-13-5-3-4-6-15(13)21-17/h3-9H,10H2,1-2H3,(H,18,20). The smallest absolute Gasteiger partial charge is 0.233 e. The number of carbonyl (C=O) groups excluding carboxylic acids is 1. The molecule has 0 radical (unpaired) electrons. The molecule has 0 aliphatic rings. The number of aromatic nitrogens is 1. The number of nitrogens with zero attached hydrogens (tertiary/aromatic N) is 1. The van der Waals surface area contributed by atoms with Crippen LogP contribution in [0.3, 0.4) is 0 Å². The quantitative estimate of drug-likeness (QED) is 0.797. The van der Waals surface area contributed by atoms with E-state index in [-0.39, 0.29) is 12.3 Å². The van der Waals surface area contributed by atoms with E-state index in [1.165, 1.54) is 0 Å². The highest BCUT2D eigenvalue weighted by Gasteiger charge is 2.11. The third-order valence-corrected chi connectivity index (χ3v) is 3.32. The maximum atomic E-state index is 12.1. The average molecular weight is 280 g/mol. The molecule has 0 spiro atoms. The van der Waals surface area contributed by atoms with Gasteiger partial charge in [0.25, 0.3) is 0 Å². The summed E-state index contributed by atoms with van der Waals surface area (Å²) in [6.45, 7) is 3.96. The van der Waals surface area contributed by atoms with Gasteiger partial charge < -0.3 is 9.73 Å². The molecule has 0 fully saturated rings. The van der Waals surface area contributed by atoms with Crippen molar-refractivity contribution in [1.29, 1.82) is 0 Å². The fraction of sp³-hybridized carbons (Fsp3) is 0.176. The van der Waals surface area contributed by atoms with Crippen molar-refractivity contribution in [2.24, 2.45) is 0 Å². The van der Waals surface area contributed by atoms with Gasteiger partial charge in [0, 0.05) is 5.69 Å². The summed E-state index contributed by atoms with van der Waals surface area (Å²) in [6.07, 6.45) is 0.127. The second-order valence-corrected chi connectivity index (χ2v) is 5.12. The van der Waals surface area contributed by atoms with Crippen LogP contribution in [-0.2, 0) is 11.2 Å². The molecule has 0 saturated carbocycles. The number of amides is 1. The molecule has 1 amide bonds. The van der Waals surface area contributed by atoms with Gasteiger partial charge in [-0.1, -0.05) is 24.3 Å². The molecule has 1 N–H and O–H groups in total. The van der Waals surface area contributed by atoms with Crippen molar-refractivity contribution in [3.8, 4) is 0 Å². The highest BCUT2D eigenvalue weighted by molar-refractivity contribution is 5.92. The minimum Gasteiger partial charge on any atom is -0.440 e. The van der Waals surface area contributed by atoms with Crippen molar-refractivity contribution in [2.45, 2.75) is 20.3 Å². The van der Waals surface area contributed by atoms with Crippen LogP contribution in [-0.4, -0.2) is 10.9 Å². The maximum Gasteiger partial charge on any atom is 0.233 e. The fourth-order valence-corrected chi connectivity index (χ4v) is 2.20. The van der Waals surface area contributed by atoms with E-state index in [9.17, 15) is 4.79 Å². The third-order valence-electron chi connectivity index (χ3n) is 3.32. The van der Waals surface area contributed by atoms with Crippen LogP contribution in [0.1, 0.15) is 17.0 Å². The largest absolute Gasteiger partial charge is 0.440 e. The van der Waals surface area contributed by atoms with E-state index < -0.39 is 0 Å². The summed E-state index contributed by atoms with van der Waals surface area (Å²) in [5.74, 6) is 0.300. The summed E-state index contributed by atoms with van der Waals surface area (Å²) in [5, 5.41) is 2.90. The molecule has 0 atom stereocenters. The van der Waals surface area contributed by atoms with E-state index >= 15 is 0 Å². The van der Waals surface area contributed by atoms with Crippen LogP contribution < -0.4 is 5.32 Å². The molecule has 0 aliphatic carbocycles. The van der Waals surface area contributed by atoms with E-state index in [1.54, 1.807) is 0 Å². The normalized spacial score (nSPS) is 10.8. The Hall–Kier alpha value is -2.62. The molecule has 2 aromatic carbocycles. The van der Waals surface area contributed by atoms with E-state index in [2.05, 4.69) is 10.3 Å². The number of anilines is 1. The lowest BCUT2D eigenvalue weighted by Crippen LogP contribution is -2.15. The molecule has 0 aliphatic heterocycles. The summed E-state index contributed by atoms with van der Waals surface area (Å²) in [4.78, 5) is 16.4. The van der Waals surface area contributed by atoms with Gasteiger partial charge in [-0.2, -0.15) is 0 Å². The van der Waals surface area contributed by atoms with Gasteiger partial charge in [-0.15, -0.1) is 0 Å². The van der Waals surface area contributed by atoms with Gasteiger partial charge in [0.05, 0.1) is 0 Å². The van der Waals surface area contributed by atoms with Gasteiger partial charge in [0.2, 0.25) is 11.8 Å². The van der Waals surface area contributed by atoms with Gasteiger partial charge in [-0.3, -0.25) is 4.79 Å². The molecule has 0 bridgehead atoms. The number of fused-ring (bicyclic) bond motifs is 1. The number of aryl methyl sites for hydroxylation is 2. The first-order valence-electron chi connectivity index (χ1n) is 6.83. The molecule has 21 heavy (non-hydrogen) atoms. The number of hydrogen-bond donors (Lipinski definition) is 1. The first-order chi connectivity index (χ1) is 10.1. The number of para-hydroxylation sites is 2. The molecule has 1 heterocycles. The molecule has 0 saturated heterocycles. The zero-order chi connectivity index (χ0) is 14.8. The van der Waals surface area contributed by atoms with Crippen LogP contribution in [0.4, 0.5) is 5.69 Å². The van der Waals surface area contributed by atoms with Gasteiger partial charge in [0.1, 0.15) is 11.9 Å². The molecule has 0 unspecified atom stereocenters. The molecule has 4 heteroatoms. The van der Waals surface area contributed by atoms with Gasteiger partial charge in [0.15, 0.2) is 5.58 Å². The number of oxazole rings is 1. The predicted octanol–water partition coefficient (Wildman–Crippen LogP) is 3.63. The minimum atomic E-state index is -0.129. The van der Waals surface area contributed by atoms with Gasteiger partial charge in [-0.05, 0) is 43.2 Å². The minimum absolute atomic E-state index is 0.127. The first-order valence-corrected chi connectivity index (χ1v) is 6.83. The monoisotopic (exact) mass is 280 g/mol. The topological polar surface area (TPSA) is 55.1 Å². The Labute approximate surface area is 122 Å². The summed E-state index contributed by atoms with van der Waals surface area (Å²) < 4.78 is 5.56. The zero-order valence-electron chi connectivity index (χ0n) is 12.0. The Morgan fingerprint density at radius 2 is 2.00 bits per heavy atom. The zero-order valence-corrected chi connectivity index (χ0v) is 12.0. The van der Waals surface area contributed by atoms with Crippen LogP contribution in [0, 0.1) is 13.8 Å². The molecular formula is C17H16N2O2. The van der Waals surface area contributed by atoms with Crippen molar-refractivity contribution < 1.29 is 9.21 Å². The second kappa shape index (κ2) is 5.40. The Morgan fingerprint density at radius 3 is 2.81 bits per heavy atom. The van der Waals surface area contributed by atoms with Gasteiger partial charge in [-0.25, -0.2) is 4.98 Å². The molecule has 3 rings (SSSR count). The summed E-state index contributed by atoms with van der Waals surface area (Å²) in [6, 6.07) is 13.5. The van der Waals surface area contributed by atoms with Crippen molar-refractivity contribution in [3.63, 3.8) is 0 Å². The van der Waals surface area contributed by atoms with Crippen molar-refractivity contribution in [2.75, 3.05) is 5.32 Å². The van der Waals surface area contributed by atoms with Gasteiger partial charge >= 0.3 is 0 Å². The number of rotatable bonds is 3. The van der Waals surface area contributed by atoms with Crippen LogP contribution in [0.5, 0.6) is 0 Å². The number of hydrogen-bond acceptors (Lipinski definition) is 3. The average Bonchev–Trinajstić information content (AvgIpc) is 2.84. The lowest BCUT2D eigenvalue weighted by Gasteiger charge is -2.08. The maximum absolute atomic E-state index is 12.1. The Kier molecular flexibility index (Phi) is 3.44.